The van der Waals surface area contributed by atoms with E-state index in [-0.39, 0.29) is 35.7 Å². The summed E-state index contributed by atoms with van der Waals surface area (Å²) in [7, 11) is -2.56. The van der Waals surface area contributed by atoms with Crippen LogP contribution in [0, 0.1) is 0 Å². The molecule has 2 saturated heterocycles. The number of sulfonamides is 1. The van der Waals surface area contributed by atoms with Crippen LogP contribution in [0.3, 0.4) is 0 Å². The number of hydrogen-bond acceptors (Lipinski definition) is 6. The van der Waals surface area contributed by atoms with Gasteiger partial charge < -0.3 is 15.0 Å². The van der Waals surface area contributed by atoms with E-state index in [9.17, 15) is 13.2 Å². The fourth-order valence-electron chi connectivity index (χ4n) is 4.16. The number of nitrogens with one attached hydrogen (secondary N) is 1. The standard InChI is InChI=1S/C20H31ClN4O4S/c1-3-23-10-4-5-17(23)14-25(15-20(26)24-11-8-22-9-12-24)30(27,28)19-13-16(21)6-7-18(19)29-2/h6-7,13,17,22H,3-5,8-12,14-15H2,1-2H3/t17-/m0/s1. The van der Waals surface area contributed by atoms with Gasteiger partial charge in [0.1, 0.15) is 10.6 Å². The second kappa shape index (κ2) is 10.3. The van der Waals surface area contributed by atoms with E-state index in [0.29, 0.717) is 31.2 Å². The molecule has 1 aromatic rings. The third-order valence-corrected chi connectivity index (χ3v) is 7.91. The van der Waals surface area contributed by atoms with Crippen molar-refractivity contribution in [2.24, 2.45) is 0 Å². The van der Waals surface area contributed by atoms with Gasteiger partial charge in [0.15, 0.2) is 0 Å². The number of amides is 1. The Balaban J connectivity index is 1.91. The highest BCUT2D eigenvalue weighted by Gasteiger charge is 2.35. The maximum absolute atomic E-state index is 13.7. The van der Waals surface area contributed by atoms with Crippen molar-refractivity contribution in [1.29, 1.82) is 0 Å². The Morgan fingerprint density at radius 2 is 2.03 bits per heavy atom. The number of methoxy groups -OCH3 is 1. The Labute approximate surface area is 184 Å². The van der Waals surface area contributed by atoms with Crippen molar-refractivity contribution in [2.75, 3.05) is 59.5 Å². The maximum Gasteiger partial charge on any atom is 0.247 e. The van der Waals surface area contributed by atoms with Crippen molar-refractivity contribution in [3.63, 3.8) is 0 Å². The van der Waals surface area contributed by atoms with Gasteiger partial charge in [-0.15, -0.1) is 0 Å². The minimum atomic E-state index is -3.99. The van der Waals surface area contributed by atoms with Gasteiger partial charge in [0, 0.05) is 43.8 Å². The molecule has 3 rings (SSSR count). The largest absolute Gasteiger partial charge is 0.495 e. The zero-order valence-corrected chi connectivity index (χ0v) is 19.2. The van der Waals surface area contributed by atoms with Crippen molar-refractivity contribution in [3.8, 4) is 5.75 Å². The van der Waals surface area contributed by atoms with Crippen LogP contribution in [0.4, 0.5) is 0 Å². The lowest BCUT2D eigenvalue weighted by atomic mass is 10.2. The molecule has 0 radical (unpaired) electrons. The smallest absolute Gasteiger partial charge is 0.247 e. The third-order valence-electron chi connectivity index (χ3n) is 5.84. The second-order valence-electron chi connectivity index (χ2n) is 7.65. The average Bonchev–Trinajstić information content (AvgIpc) is 3.21. The summed E-state index contributed by atoms with van der Waals surface area (Å²) < 4.78 is 33.9. The van der Waals surface area contributed by atoms with Gasteiger partial charge in [-0.2, -0.15) is 4.31 Å². The molecular weight excluding hydrogens is 428 g/mol. The summed E-state index contributed by atoms with van der Waals surface area (Å²) in [5.41, 5.74) is 0. The lowest BCUT2D eigenvalue weighted by Gasteiger charge is -2.33. The molecule has 30 heavy (non-hydrogen) atoms. The number of piperazine rings is 1. The Bertz CT molecular complexity index is 845. The van der Waals surface area contributed by atoms with E-state index in [4.69, 9.17) is 16.3 Å². The van der Waals surface area contributed by atoms with E-state index in [1.54, 1.807) is 17.0 Å². The number of hydrogen-bond donors (Lipinski definition) is 1. The minimum absolute atomic E-state index is 0.00773. The summed E-state index contributed by atoms with van der Waals surface area (Å²) >= 11 is 6.10. The number of nitrogens with zero attached hydrogens (tertiary/aromatic N) is 3. The van der Waals surface area contributed by atoms with Crippen LogP contribution in [0.5, 0.6) is 5.75 Å². The minimum Gasteiger partial charge on any atom is -0.495 e. The molecule has 10 heteroatoms. The first-order valence-electron chi connectivity index (χ1n) is 10.4. The Kier molecular flexibility index (Phi) is 7.98. The molecule has 0 aliphatic carbocycles. The van der Waals surface area contributed by atoms with E-state index in [1.165, 1.54) is 17.5 Å². The molecule has 168 valence electrons. The Morgan fingerprint density at radius 3 is 2.70 bits per heavy atom. The van der Waals surface area contributed by atoms with Crippen LogP contribution in [0.1, 0.15) is 19.8 Å². The van der Waals surface area contributed by atoms with Gasteiger partial charge in [0.25, 0.3) is 0 Å². The van der Waals surface area contributed by atoms with E-state index >= 15 is 0 Å². The van der Waals surface area contributed by atoms with Crippen LogP contribution in [-0.4, -0.2) is 93.9 Å². The van der Waals surface area contributed by atoms with Gasteiger partial charge in [-0.05, 0) is 44.1 Å². The molecule has 1 atom stereocenters. The van der Waals surface area contributed by atoms with Crippen LogP contribution in [0.25, 0.3) is 0 Å². The monoisotopic (exact) mass is 458 g/mol. The van der Waals surface area contributed by atoms with E-state index in [2.05, 4.69) is 17.1 Å². The van der Waals surface area contributed by atoms with Crippen molar-refractivity contribution < 1.29 is 17.9 Å². The SMILES string of the molecule is CCN1CCC[C@H]1CN(CC(=O)N1CCNCC1)S(=O)(=O)c1cc(Cl)ccc1OC. The predicted molar refractivity (Wildman–Crippen MR) is 116 cm³/mol. The summed E-state index contributed by atoms with van der Waals surface area (Å²) in [6.07, 6.45) is 1.94. The maximum atomic E-state index is 13.7. The molecule has 2 fully saturated rings. The number of likely N-dealkylation sites (N-methyl/N-ethyl adjacent to an activating group) is 1. The molecule has 1 amide bonds. The number of ether oxygens (including phenoxy) is 1. The molecule has 8 nitrogen and oxygen atoms in total. The molecule has 0 unspecified atom stereocenters. The summed E-state index contributed by atoms with van der Waals surface area (Å²) in [6.45, 7) is 6.54. The highest BCUT2D eigenvalue weighted by molar-refractivity contribution is 7.89. The van der Waals surface area contributed by atoms with E-state index < -0.39 is 10.0 Å². The molecule has 2 aliphatic rings. The van der Waals surface area contributed by atoms with Crippen molar-refractivity contribution in [1.82, 2.24) is 19.4 Å². The third kappa shape index (κ3) is 5.26. The quantitative estimate of drug-likeness (QED) is 0.631. The summed E-state index contributed by atoms with van der Waals surface area (Å²) in [6, 6.07) is 4.61. The van der Waals surface area contributed by atoms with Gasteiger partial charge in [-0.25, -0.2) is 8.42 Å². The average molecular weight is 459 g/mol. The Hall–Kier alpha value is -1.39. The van der Waals surface area contributed by atoms with Crippen molar-refractivity contribution in [2.45, 2.75) is 30.7 Å². The first-order chi connectivity index (χ1) is 14.4. The molecule has 0 bridgehead atoms. The number of likely N-dealkylation sites (tertiary alicyclic amines) is 1. The number of halogens is 1. The lowest BCUT2D eigenvalue weighted by Crippen LogP contribution is -2.52. The van der Waals surface area contributed by atoms with Crippen LogP contribution < -0.4 is 10.1 Å². The van der Waals surface area contributed by atoms with E-state index in [1.807, 2.05) is 0 Å². The van der Waals surface area contributed by atoms with Gasteiger partial charge in [0.2, 0.25) is 15.9 Å². The topological polar surface area (TPSA) is 82.2 Å². The summed E-state index contributed by atoms with van der Waals surface area (Å²) in [5, 5.41) is 3.51. The highest BCUT2D eigenvalue weighted by Crippen LogP contribution is 2.31. The van der Waals surface area contributed by atoms with Crippen molar-refractivity contribution in [3.05, 3.63) is 23.2 Å². The summed E-state index contributed by atoms with van der Waals surface area (Å²) in [5.74, 6) is 0.0416. The van der Waals surface area contributed by atoms with Gasteiger partial charge in [-0.3, -0.25) is 9.69 Å². The van der Waals surface area contributed by atoms with Crippen LogP contribution in [-0.2, 0) is 14.8 Å². The van der Waals surface area contributed by atoms with E-state index in [0.717, 1.165) is 25.9 Å². The first-order valence-corrected chi connectivity index (χ1v) is 12.2. The first kappa shape index (κ1) is 23.3. The Morgan fingerprint density at radius 1 is 1.30 bits per heavy atom. The molecule has 2 aliphatic heterocycles. The fourth-order valence-corrected chi connectivity index (χ4v) is 6.00. The molecule has 0 spiro atoms. The van der Waals surface area contributed by atoms with Crippen LogP contribution >= 0.6 is 11.6 Å². The zero-order valence-electron chi connectivity index (χ0n) is 17.6. The molecular formula is C20H31ClN4O4S. The molecule has 1 aromatic carbocycles. The second-order valence-corrected chi connectivity index (χ2v) is 9.99. The fraction of sp³-hybridized carbons (Fsp3) is 0.650. The molecule has 0 saturated carbocycles. The van der Waals surface area contributed by atoms with Crippen molar-refractivity contribution >= 4 is 27.5 Å². The molecule has 0 aromatic heterocycles. The lowest BCUT2D eigenvalue weighted by molar-refractivity contribution is -0.132. The highest BCUT2D eigenvalue weighted by atomic mass is 35.5. The molecule has 1 N–H and O–H groups in total. The normalized spacial score (nSPS) is 20.7. The van der Waals surface area contributed by atoms with Gasteiger partial charge in [0.05, 0.1) is 13.7 Å². The van der Waals surface area contributed by atoms with Gasteiger partial charge >= 0.3 is 0 Å². The predicted octanol–water partition coefficient (Wildman–Crippen LogP) is 1.26. The number of rotatable bonds is 8. The van der Waals surface area contributed by atoms with Crippen LogP contribution in [0.15, 0.2) is 23.1 Å². The van der Waals surface area contributed by atoms with Crippen LogP contribution in [0.2, 0.25) is 5.02 Å². The molecule has 2 heterocycles. The zero-order chi connectivity index (χ0) is 21.7. The number of carbonyl (C=O) groups excluding carboxylic acids is 1. The number of benzene rings is 1. The summed E-state index contributed by atoms with van der Waals surface area (Å²) in [4.78, 5) is 16.9. The van der Waals surface area contributed by atoms with Gasteiger partial charge in [-0.1, -0.05) is 18.5 Å². The number of carbonyl (C=O) groups is 1.